The van der Waals surface area contributed by atoms with Gasteiger partial charge in [0, 0.05) is 17.2 Å². The SMILES string of the molecule is Cc1ccc(SCCNC(=O)CSc2nncn2-c2ccccc2C)cc1. The summed E-state index contributed by atoms with van der Waals surface area (Å²) in [4.78, 5) is 13.3. The van der Waals surface area contributed by atoms with E-state index in [0.717, 1.165) is 17.0 Å². The number of carbonyl (C=O) groups is 1. The molecule has 2 aromatic carbocycles. The number of aryl methyl sites for hydroxylation is 2. The Morgan fingerprint density at radius 1 is 1.07 bits per heavy atom. The van der Waals surface area contributed by atoms with Crippen LogP contribution in [0.5, 0.6) is 0 Å². The quantitative estimate of drug-likeness (QED) is 0.461. The van der Waals surface area contributed by atoms with Crippen molar-refractivity contribution in [2.75, 3.05) is 18.1 Å². The van der Waals surface area contributed by atoms with Crippen LogP contribution >= 0.6 is 23.5 Å². The summed E-state index contributed by atoms with van der Waals surface area (Å²) in [6.45, 7) is 4.76. The minimum Gasteiger partial charge on any atom is -0.355 e. The fourth-order valence-electron chi connectivity index (χ4n) is 2.50. The molecule has 5 nitrogen and oxygen atoms in total. The molecule has 1 amide bonds. The molecule has 0 aliphatic carbocycles. The van der Waals surface area contributed by atoms with Gasteiger partial charge in [-0.1, -0.05) is 47.7 Å². The van der Waals surface area contributed by atoms with E-state index in [-0.39, 0.29) is 5.91 Å². The second-order valence-corrected chi connectivity index (χ2v) is 8.18. The second-order valence-electron chi connectivity index (χ2n) is 6.07. The Hall–Kier alpha value is -2.25. The number of nitrogens with zero attached hydrogens (tertiary/aromatic N) is 3. The number of hydrogen-bond donors (Lipinski definition) is 1. The number of thioether (sulfide) groups is 2. The Balaban J connectivity index is 1.44. The first kappa shape index (κ1) is 19.5. The third kappa shape index (κ3) is 5.61. The third-order valence-corrected chi connectivity index (χ3v) is 5.89. The molecule has 0 atom stereocenters. The van der Waals surface area contributed by atoms with Crippen LogP contribution in [0.25, 0.3) is 5.69 Å². The highest BCUT2D eigenvalue weighted by atomic mass is 32.2. The van der Waals surface area contributed by atoms with Crippen molar-refractivity contribution in [3.8, 4) is 5.69 Å². The first-order valence-corrected chi connectivity index (χ1v) is 10.7. The van der Waals surface area contributed by atoms with Crippen molar-refractivity contribution in [1.29, 1.82) is 0 Å². The Bertz CT molecular complexity index is 893. The number of rotatable bonds is 8. The smallest absolute Gasteiger partial charge is 0.230 e. The predicted octanol–water partition coefficient (Wildman–Crippen LogP) is 3.88. The van der Waals surface area contributed by atoms with Crippen molar-refractivity contribution < 1.29 is 4.79 Å². The number of aromatic nitrogens is 3. The van der Waals surface area contributed by atoms with Crippen LogP contribution in [0.15, 0.2) is 64.9 Å². The average molecular weight is 399 g/mol. The number of para-hydroxylation sites is 1. The third-order valence-electron chi connectivity index (χ3n) is 3.94. The van der Waals surface area contributed by atoms with E-state index in [9.17, 15) is 4.79 Å². The largest absolute Gasteiger partial charge is 0.355 e. The van der Waals surface area contributed by atoms with E-state index in [0.29, 0.717) is 17.5 Å². The Morgan fingerprint density at radius 2 is 1.85 bits per heavy atom. The Kier molecular flexibility index (Phi) is 6.95. The van der Waals surface area contributed by atoms with Gasteiger partial charge < -0.3 is 5.32 Å². The van der Waals surface area contributed by atoms with Crippen LogP contribution in [-0.4, -0.2) is 38.7 Å². The maximum atomic E-state index is 12.1. The predicted molar refractivity (Wildman–Crippen MR) is 112 cm³/mol. The first-order valence-electron chi connectivity index (χ1n) is 8.68. The number of nitrogens with one attached hydrogen (secondary N) is 1. The lowest BCUT2D eigenvalue weighted by Gasteiger charge is -2.09. The van der Waals surface area contributed by atoms with Gasteiger partial charge in [-0.25, -0.2) is 0 Å². The molecule has 0 aliphatic heterocycles. The van der Waals surface area contributed by atoms with Crippen LogP contribution in [-0.2, 0) is 4.79 Å². The zero-order valence-electron chi connectivity index (χ0n) is 15.4. The zero-order valence-corrected chi connectivity index (χ0v) is 17.0. The Labute approximate surface area is 168 Å². The minimum absolute atomic E-state index is 0.00356. The van der Waals surface area contributed by atoms with E-state index >= 15 is 0 Å². The molecular formula is C20H22N4OS2. The lowest BCUT2D eigenvalue weighted by atomic mass is 10.2. The summed E-state index contributed by atoms with van der Waals surface area (Å²) >= 11 is 3.13. The highest BCUT2D eigenvalue weighted by molar-refractivity contribution is 7.99. The van der Waals surface area contributed by atoms with Crippen LogP contribution in [0.4, 0.5) is 0 Å². The van der Waals surface area contributed by atoms with Gasteiger partial charge in [-0.05, 0) is 37.6 Å². The van der Waals surface area contributed by atoms with Crippen molar-refractivity contribution in [2.24, 2.45) is 0 Å². The van der Waals surface area contributed by atoms with E-state index in [1.54, 1.807) is 18.1 Å². The monoisotopic (exact) mass is 398 g/mol. The molecule has 0 fully saturated rings. The number of hydrogen-bond acceptors (Lipinski definition) is 5. The molecule has 140 valence electrons. The Morgan fingerprint density at radius 3 is 2.63 bits per heavy atom. The molecular weight excluding hydrogens is 376 g/mol. The molecule has 27 heavy (non-hydrogen) atoms. The molecule has 0 saturated carbocycles. The normalized spacial score (nSPS) is 10.7. The minimum atomic E-state index is 0.00356. The first-order chi connectivity index (χ1) is 13.1. The van der Waals surface area contributed by atoms with Crippen LogP contribution < -0.4 is 5.32 Å². The van der Waals surface area contributed by atoms with Crippen molar-refractivity contribution in [1.82, 2.24) is 20.1 Å². The molecule has 0 spiro atoms. The van der Waals surface area contributed by atoms with Crippen molar-refractivity contribution in [3.63, 3.8) is 0 Å². The molecule has 1 N–H and O–H groups in total. The van der Waals surface area contributed by atoms with Crippen molar-refractivity contribution >= 4 is 29.4 Å². The van der Waals surface area contributed by atoms with Crippen molar-refractivity contribution in [3.05, 3.63) is 66.0 Å². The van der Waals surface area contributed by atoms with Gasteiger partial charge in [0.25, 0.3) is 0 Å². The maximum absolute atomic E-state index is 12.1. The van der Waals surface area contributed by atoms with Crippen LogP contribution in [0.2, 0.25) is 0 Å². The maximum Gasteiger partial charge on any atom is 0.230 e. The molecule has 3 rings (SSSR count). The molecule has 0 radical (unpaired) electrons. The van der Waals surface area contributed by atoms with Crippen LogP contribution in [0, 0.1) is 13.8 Å². The lowest BCUT2D eigenvalue weighted by molar-refractivity contribution is -0.118. The van der Waals surface area contributed by atoms with Gasteiger partial charge in [0.1, 0.15) is 6.33 Å². The summed E-state index contributed by atoms with van der Waals surface area (Å²) < 4.78 is 1.92. The van der Waals surface area contributed by atoms with E-state index < -0.39 is 0 Å². The fraction of sp³-hybridized carbons (Fsp3) is 0.250. The van der Waals surface area contributed by atoms with Gasteiger partial charge in [-0.15, -0.1) is 22.0 Å². The second kappa shape index (κ2) is 9.62. The number of amides is 1. The molecule has 0 aliphatic rings. The summed E-state index contributed by atoms with van der Waals surface area (Å²) in [6.07, 6.45) is 1.68. The highest BCUT2D eigenvalue weighted by Gasteiger charge is 2.11. The lowest BCUT2D eigenvalue weighted by Crippen LogP contribution is -2.27. The van der Waals surface area contributed by atoms with Crippen LogP contribution in [0.1, 0.15) is 11.1 Å². The van der Waals surface area contributed by atoms with Crippen LogP contribution in [0.3, 0.4) is 0 Å². The number of benzene rings is 2. The molecule has 3 aromatic rings. The standard InChI is InChI=1S/C20H22N4OS2/c1-15-7-9-17(10-8-15)26-12-11-21-19(25)13-27-20-23-22-14-24(20)18-6-4-3-5-16(18)2/h3-10,14H,11-13H2,1-2H3,(H,21,25). The summed E-state index contributed by atoms with van der Waals surface area (Å²) in [5.41, 5.74) is 3.42. The molecule has 0 unspecified atom stereocenters. The molecule has 7 heteroatoms. The molecule has 0 bridgehead atoms. The summed E-state index contributed by atoms with van der Waals surface area (Å²) in [5.74, 6) is 1.17. The highest BCUT2D eigenvalue weighted by Crippen LogP contribution is 2.21. The summed E-state index contributed by atoms with van der Waals surface area (Å²) in [6, 6.07) is 16.5. The average Bonchev–Trinajstić information content (AvgIpc) is 3.14. The molecule has 1 heterocycles. The van der Waals surface area contributed by atoms with Crippen molar-refractivity contribution in [2.45, 2.75) is 23.9 Å². The van der Waals surface area contributed by atoms with Gasteiger partial charge in [0.15, 0.2) is 5.16 Å². The van der Waals surface area contributed by atoms with E-state index in [1.807, 2.05) is 35.8 Å². The van der Waals surface area contributed by atoms with E-state index in [1.165, 1.54) is 22.2 Å². The van der Waals surface area contributed by atoms with E-state index in [4.69, 9.17) is 0 Å². The fourth-order valence-corrected chi connectivity index (χ4v) is 4.02. The topological polar surface area (TPSA) is 59.8 Å². The number of carbonyl (C=O) groups excluding carboxylic acids is 1. The molecule has 1 aromatic heterocycles. The van der Waals surface area contributed by atoms with Gasteiger partial charge >= 0.3 is 0 Å². The zero-order chi connectivity index (χ0) is 19.1. The molecule has 0 saturated heterocycles. The van der Waals surface area contributed by atoms with E-state index in [2.05, 4.69) is 46.7 Å². The summed E-state index contributed by atoms with van der Waals surface area (Å²) in [7, 11) is 0. The summed E-state index contributed by atoms with van der Waals surface area (Å²) in [5, 5.41) is 11.8. The van der Waals surface area contributed by atoms with Gasteiger partial charge in [-0.3, -0.25) is 9.36 Å². The van der Waals surface area contributed by atoms with Gasteiger partial charge in [0.05, 0.1) is 11.4 Å². The van der Waals surface area contributed by atoms with Gasteiger partial charge in [-0.2, -0.15) is 0 Å². The van der Waals surface area contributed by atoms with Gasteiger partial charge in [0.2, 0.25) is 5.91 Å².